The Kier molecular flexibility index (Phi) is 5.72. The molecule has 0 radical (unpaired) electrons. The van der Waals surface area contributed by atoms with Crippen molar-refractivity contribution in [3.63, 3.8) is 0 Å². The van der Waals surface area contributed by atoms with Crippen LogP contribution in [0.5, 0.6) is 5.75 Å². The van der Waals surface area contributed by atoms with Crippen molar-refractivity contribution in [1.29, 1.82) is 0 Å². The van der Waals surface area contributed by atoms with E-state index in [-0.39, 0.29) is 11.6 Å². The zero-order valence-corrected chi connectivity index (χ0v) is 20.0. The van der Waals surface area contributed by atoms with Crippen molar-refractivity contribution in [2.75, 3.05) is 18.1 Å². The monoisotopic (exact) mass is 470 g/mol. The topological polar surface area (TPSA) is 88.9 Å². The Bertz CT molecular complexity index is 1400. The number of pyridine rings is 1. The molecule has 1 aliphatic heterocycles. The molecular formula is C27H30N6O2. The van der Waals surface area contributed by atoms with Crippen LogP contribution < -0.4 is 15.2 Å². The van der Waals surface area contributed by atoms with E-state index in [4.69, 9.17) is 4.74 Å². The first kappa shape index (κ1) is 21.8. The molecule has 6 rings (SSSR count). The maximum atomic E-state index is 13.6. The van der Waals surface area contributed by atoms with Gasteiger partial charge in [0, 0.05) is 28.7 Å². The van der Waals surface area contributed by atoms with Gasteiger partial charge in [0.2, 0.25) is 0 Å². The van der Waals surface area contributed by atoms with Crippen LogP contribution >= 0.6 is 0 Å². The summed E-state index contributed by atoms with van der Waals surface area (Å²) in [5.41, 5.74) is 3.76. The highest BCUT2D eigenvalue weighted by molar-refractivity contribution is 5.81. The van der Waals surface area contributed by atoms with Crippen LogP contribution in [0.15, 0.2) is 53.3 Å². The van der Waals surface area contributed by atoms with Gasteiger partial charge in [-0.1, -0.05) is 31.0 Å². The molecule has 2 aliphatic rings. The van der Waals surface area contributed by atoms with Gasteiger partial charge in [0.05, 0.1) is 12.6 Å². The number of H-pyrrole nitrogens is 1. The molecule has 0 saturated heterocycles. The Labute approximate surface area is 203 Å². The molecule has 180 valence electrons. The Hall–Kier alpha value is -3.68. The van der Waals surface area contributed by atoms with E-state index in [1.54, 1.807) is 0 Å². The van der Waals surface area contributed by atoms with Gasteiger partial charge in [0.15, 0.2) is 5.82 Å². The number of aromatic amines is 1. The molecule has 2 aromatic heterocycles. The number of anilines is 1. The number of tetrazole rings is 1. The van der Waals surface area contributed by atoms with Gasteiger partial charge in [-0.05, 0) is 78.9 Å². The lowest BCUT2D eigenvalue weighted by Crippen LogP contribution is -2.38. The van der Waals surface area contributed by atoms with Gasteiger partial charge in [0.1, 0.15) is 11.8 Å². The minimum Gasteiger partial charge on any atom is -0.494 e. The summed E-state index contributed by atoms with van der Waals surface area (Å²) in [7, 11) is 0. The first-order valence-electron chi connectivity index (χ1n) is 12.6. The van der Waals surface area contributed by atoms with Gasteiger partial charge in [-0.25, -0.2) is 4.68 Å². The van der Waals surface area contributed by atoms with Crippen LogP contribution in [0.2, 0.25) is 0 Å². The fourth-order valence-electron chi connectivity index (χ4n) is 5.73. The smallest absolute Gasteiger partial charge is 0.254 e. The number of hydrogen-bond donors (Lipinski definition) is 1. The van der Waals surface area contributed by atoms with E-state index in [0.29, 0.717) is 12.2 Å². The van der Waals surface area contributed by atoms with Crippen molar-refractivity contribution >= 4 is 16.6 Å². The number of nitrogens with zero attached hydrogens (tertiary/aromatic N) is 5. The minimum absolute atomic E-state index is 0.115. The summed E-state index contributed by atoms with van der Waals surface area (Å²) in [5, 5.41) is 14.0. The van der Waals surface area contributed by atoms with Gasteiger partial charge >= 0.3 is 0 Å². The average molecular weight is 471 g/mol. The summed E-state index contributed by atoms with van der Waals surface area (Å²) in [4.78, 5) is 19.0. The molecule has 8 nitrogen and oxygen atoms in total. The predicted molar refractivity (Wildman–Crippen MR) is 135 cm³/mol. The quantitative estimate of drug-likeness (QED) is 0.444. The van der Waals surface area contributed by atoms with Gasteiger partial charge in [-0.3, -0.25) is 4.79 Å². The van der Waals surface area contributed by atoms with E-state index in [1.807, 2.05) is 35.9 Å². The van der Waals surface area contributed by atoms with Crippen LogP contribution in [-0.2, 0) is 6.42 Å². The summed E-state index contributed by atoms with van der Waals surface area (Å²) in [6.07, 6.45) is 6.52. The van der Waals surface area contributed by atoms with E-state index < -0.39 is 6.04 Å². The lowest BCUT2D eigenvalue weighted by Gasteiger charge is -2.37. The van der Waals surface area contributed by atoms with Crippen molar-refractivity contribution in [3.05, 3.63) is 75.8 Å². The highest BCUT2D eigenvalue weighted by atomic mass is 16.5. The molecule has 8 heteroatoms. The molecule has 0 bridgehead atoms. The van der Waals surface area contributed by atoms with Gasteiger partial charge in [0.25, 0.3) is 5.56 Å². The molecule has 1 fully saturated rings. The summed E-state index contributed by atoms with van der Waals surface area (Å²) in [6, 6.07) is 16.1. The fraction of sp³-hybridized carbons (Fsp3) is 0.407. The van der Waals surface area contributed by atoms with Crippen LogP contribution in [0, 0.1) is 0 Å². The Morgan fingerprint density at radius 2 is 1.97 bits per heavy atom. The number of benzene rings is 2. The highest BCUT2D eigenvalue weighted by Gasteiger charge is 2.35. The van der Waals surface area contributed by atoms with E-state index >= 15 is 0 Å². The molecule has 1 aliphatic carbocycles. The Morgan fingerprint density at radius 1 is 1.11 bits per heavy atom. The zero-order valence-electron chi connectivity index (χ0n) is 20.0. The second-order valence-electron chi connectivity index (χ2n) is 9.48. The number of aryl methyl sites for hydroxylation is 1. The lowest BCUT2D eigenvalue weighted by molar-refractivity contribution is 0.340. The maximum Gasteiger partial charge on any atom is 0.254 e. The largest absolute Gasteiger partial charge is 0.494 e. The average Bonchev–Trinajstić information content (AvgIpc) is 3.57. The summed E-state index contributed by atoms with van der Waals surface area (Å²) < 4.78 is 7.71. The number of rotatable bonds is 6. The molecule has 0 spiro atoms. The molecule has 4 aromatic rings. The van der Waals surface area contributed by atoms with E-state index in [9.17, 15) is 4.79 Å². The first-order chi connectivity index (χ1) is 17.2. The van der Waals surface area contributed by atoms with Crippen molar-refractivity contribution in [1.82, 2.24) is 25.2 Å². The maximum absolute atomic E-state index is 13.6. The van der Waals surface area contributed by atoms with Crippen molar-refractivity contribution in [3.8, 4) is 5.75 Å². The number of para-hydroxylation sites is 1. The van der Waals surface area contributed by atoms with Crippen LogP contribution in [0.3, 0.4) is 0 Å². The molecule has 35 heavy (non-hydrogen) atoms. The molecule has 3 heterocycles. The molecule has 1 saturated carbocycles. The number of hydrogen-bond acceptors (Lipinski definition) is 6. The van der Waals surface area contributed by atoms with Gasteiger partial charge < -0.3 is 14.6 Å². The predicted octanol–water partition coefficient (Wildman–Crippen LogP) is 4.57. The van der Waals surface area contributed by atoms with Crippen LogP contribution in [0.1, 0.15) is 68.1 Å². The number of fused-ring (bicyclic) bond motifs is 2. The van der Waals surface area contributed by atoms with Crippen LogP contribution in [0.25, 0.3) is 10.9 Å². The van der Waals surface area contributed by atoms with Crippen molar-refractivity contribution < 1.29 is 4.74 Å². The Morgan fingerprint density at radius 3 is 2.83 bits per heavy atom. The second-order valence-corrected chi connectivity index (χ2v) is 9.48. The van der Waals surface area contributed by atoms with Crippen molar-refractivity contribution in [2.24, 2.45) is 0 Å². The summed E-state index contributed by atoms with van der Waals surface area (Å²) in [6.45, 7) is 3.38. The molecular weight excluding hydrogens is 440 g/mol. The van der Waals surface area contributed by atoms with Crippen LogP contribution in [0.4, 0.5) is 5.69 Å². The number of aromatic nitrogens is 5. The highest BCUT2D eigenvalue weighted by Crippen LogP contribution is 2.39. The third-order valence-corrected chi connectivity index (χ3v) is 7.34. The fourth-order valence-corrected chi connectivity index (χ4v) is 5.73. The second kappa shape index (κ2) is 9.17. The van der Waals surface area contributed by atoms with Gasteiger partial charge in [-0.15, -0.1) is 5.10 Å². The standard InChI is InChI=1S/C27H30N6O2/c1-2-35-21-13-14-23-19(16-21)17-22(27(34)28-23)25(26-29-30-31-33(26)20-10-4-5-11-20)32-15-7-9-18-8-3-6-12-24(18)32/h3,6,8,12-14,16-17,20,25H,2,4-5,7,9-11,15H2,1H3,(H,28,34). The van der Waals surface area contributed by atoms with Crippen LogP contribution in [-0.4, -0.2) is 38.3 Å². The third kappa shape index (κ3) is 3.96. The Balaban J connectivity index is 1.55. The molecule has 2 aromatic carbocycles. The number of ether oxygens (including phenoxy) is 1. The first-order valence-corrected chi connectivity index (χ1v) is 12.6. The normalized spacial score (nSPS) is 17.0. The molecule has 0 amide bonds. The zero-order chi connectivity index (χ0) is 23.8. The molecule has 1 unspecified atom stereocenters. The lowest BCUT2D eigenvalue weighted by atomic mass is 9.96. The molecule has 1 atom stereocenters. The minimum atomic E-state index is -0.393. The molecule has 1 N–H and O–H groups in total. The summed E-state index contributed by atoms with van der Waals surface area (Å²) in [5.74, 6) is 1.52. The van der Waals surface area contributed by atoms with Gasteiger partial charge in [-0.2, -0.15) is 0 Å². The summed E-state index contributed by atoms with van der Waals surface area (Å²) >= 11 is 0. The third-order valence-electron chi connectivity index (χ3n) is 7.34. The number of nitrogens with one attached hydrogen (secondary N) is 1. The SMILES string of the molecule is CCOc1ccc2[nH]c(=O)c(C(c3nnnn3C3CCCC3)N3CCCc4ccccc43)cc2c1. The van der Waals surface area contributed by atoms with E-state index in [2.05, 4.69) is 49.7 Å². The van der Waals surface area contributed by atoms with Crippen molar-refractivity contribution in [2.45, 2.75) is 57.5 Å². The van der Waals surface area contributed by atoms with E-state index in [0.717, 1.165) is 60.4 Å². The van der Waals surface area contributed by atoms with E-state index in [1.165, 1.54) is 18.4 Å².